The Morgan fingerprint density at radius 2 is 2.00 bits per heavy atom. The van der Waals surface area contributed by atoms with Gasteiger partial charge in [-0.25, -0.2) is 9.59 Å². The number of carbonyl (C=O) groups is 2. The average Bonchev–Trinajstić information content (AvgIpc) is 2.84. The van der Waals surface area contributed by atoms with Crippen molar-refractivity contribution in [1.29, 1.82) is 0 Å². The zero-order chi connectivity index (χ0) is 17.3. The second-order valence-electron chi connectivity index (χ2n) is 6.84. The number of carboxylic acids is 1. The van der Waals surface area contributed by atoms with Gasteiger partial charge in [0.2, 0.25) is 0 Å². The standard InChI is InChI=1S/C17H22ClNO4/c1-16(2,3)23-15(22)19-10-6-9-17(19,14(20)21)11-12-7-4-5-8-13(12)18/h4-5,7-8H,6,9-11H2,1-3H3,(H,20,21). The van der Waals surface area contributed by atoms with Gasteiger partial charge in [-0.15, -0.1) is 0 Å². The molecular formula is C17H22ClNO4. The van der Waals surface area contributed by atoms with E-state index in [-0.39, 0.29) is 6.42 Å². The summed E-state index contributed by atoms with van der Waals surface area (Å²) < 4.78 is 5.39. The first-order valence-electron chi connectivity index (χ1n) is 7.63. The zero-order valence-electron chi connectivity index (χ0n) is 13.6. The Bertz CT molecular complexity index is 611. The van der Waals surface area contributed by atoms with E-state index in [1.165, 1.54) is 4.90 Å². The Labute approximate surface area is 141 Å². The van der Waals surface area contributed by atoms with Gasteiger partial charge in [-0.2, -0.15) is 0 Å². The molecule has 0 bridgehead atoms. The van der Waals surface area contributed by atoms with E-state index >= 15 is 0 Å². The van der Waals surface area contributed by atoms with E-state index < -0.39 is 23.2 Å². The Kier molecular flexibility index (Phi) is 4.90. The number of halogens is 1. The molecule has 23 heavy (non-hydrogen) atoms. The van der Waals surface area contributed by atoms with Crippen molar-refractivity contribution in [3.8, 4) is 0 Å². The van der Waals surface area contributed by atoms with Crippen LogP contribution in [0.5, 0.6) is 0 Å². The summed E-state index contributed by atoms with van der Waals surface area (Å²) >= 11 is 6.18. The van der Waals surface area contributed by atoms with Crippen LogP contribution in [0.1, 0.15) is 39.2 Å². The fraction of sp³-hybridized carbons (Fsp3) is 0.529. The highest BCUT2D eigenvalue weighted by Crippen LogP contribution is 2.36. The molecule has 0 aliphatic carbocycles. The van der Waals surface area contributed by atoms with Crippen LogP contribution in [0.2, 0.25) is 5.02 Å². The summed E-state index contributed by atoms with van der Waals surface area (Å²) in [4.78, 5) is 25.8. The van der Waals surface area contributed by atoms with Crippen LogP contribution < -0.4 is 0 Å². The SMILES string of the molecule is CC(C)(C)OC(=O)N1CCCC1(Cc1ccccc1Cl)C(=O)O. The van der Waals surface area contributed by atoms with Crippen molar-refractivity contribution in [2.45, 2.75) is 51.2 Å². The largest absolute Gasteiger partial charge is 0.479 e. The van der Waals surface area contributed by atoms with Crippen molar-refractivity contribution in [2.24, 2.45) is 0 Å². The Morgan fingerprint density at radius 3 is 2.57 bits per heavy atom. The van der Waals surface area contributed by atoms with Crippen LogP contribution in [-0.2, 0) is 16.0 Å². The lowest BCUT2D eigenvalue weighted by atomic mass is 9.88. The molecule has 1 fully saturated rings. The monoisotopic (exact) mass is 339 g/mol. The number of nitrogens with zero attached hydrogens (tertiary/aromatic N) is 1. The molecule has 126 valence electrons. The third-order valence-corrected chi connectivity index (χ3v) is 4.31. The Hall–Kier alpha value is -1.75. The highest BCUT2D eigenvalue weighted by atomic mass is 35.5. The molecule has 1 aromatic rings. The topological polar surface area (TPSA) is 66.8 Å². The van der Waals surface area contributed by atoms with Crippen molar-refractivity contribution >= 4 is 23.7 Å². The molecule has 1 unspecified atom stereocenters. The van der Waals surface area contributed by atoms with Crippen molar-refractivity contribution in [3.63, 3.8) is 0 Å². The van der Waals surface area contributed by atoms with Crippen LogP contribution in [0.25, 0.3) is 0 Å². The van der Waals surface area contributed by atoms with E-state index in [1.54, 1.807) is 39.0 Å². The number of rotatable bonds is 3. The summed E-state index contributed by atoms with van der Waals surface area (Å²) in [6, 6.07) is 7.11. The van der Waals surface area contributed by atoms with Crippen LogP contribution in [0.3, 0.4) is 0 Å². The predicted octanol–water partition coefficient (Wildman–Crippen LogP) is 3.74. The molecular weight excluding hydrogens is 318 g/mol. The molecule has 0 spiro atoms. The number of carbonyl (C=O) groups excluding carboxylic acids is 1. The van der Waals surface area contributed by atoms with Gasteiger partial charge in [-0.05, 0) is 45.2 Å². The maximum Gasteiger partial charge on any atom is 0.411 e. The van der Waals surface area contributed by atoms with Crippen LogP contribution in [0.4, 0.5) is 4.79 Å². The first-order valence-corrected chi connectivity index (χ1v) is 8.01. The molecule has 5 nitrogen and oxygen atoms in total. The third kappa shape index (κ3) is 3.78. The minimum Gasteiger partial charge on any atom is -0.479 e. The van der Waals surface area contributed by atoms with Gasteiger partial charge < -0.3 is 9.84 Å². The average molecular weight is 340 g/mol. The Morgan fingerprint density at radius 1 is 1.35 bits per heavy atom. The van der Waals surface area contributed by atoms with Gasteiger partial charge in [0.1, 0.15) is 11.1 Å². The molecule has 0 saturated carbocycles. The number of ether oxygens (including phenoxy) is 1. The van der Waals surface area contributed by atoms with E-state index in [2.05, 4.69) is 0 Å². The second kappa shape index (κ2) is 6.40. The molecule has 1 amide bonds. The summed E-state index contributed by atoms with van der Waals surface area (Å²) in [5.74, 6) is -1.03. The highest BCUT2D eigenvalue weighted by molar-refractivity contribution is 6.31. The number of aliphatic carboxylic acids is 1. The molecule has 1 heterocycles. The molecule has 0 aromatic heterocycles. The van der Waals surface area contributed by atoms with Gasteiger partial charge in [0.05, 0.1) is 0 Å². The summed E-state index contributed by atoms with van der Waals surface area (Å²) in [7, 11) is 0. The lowest BCUT2D eigenvalue weighted by Gasteiger charge is -2.36. The van der Waals surface area contributed by atoms with Gasteiger partial charge in [-0.3, -0.25) is 4.90 Å². The van der Waals surface area contributed by atoms with Crippen molar-refractivity contribution in [3.05, 3.63) is 34.9 Å². The minimum absolute atomic E-state index is 0.168. The minimum atomic E-state index is -1.31. The van der Waals surface area contributed by atoms with E-state index in [4.69, 9.17) is 16.3 Å². The fourth-order valence-electron chi connectivity index (χ4n) is 2.90. The lowest BCUT2D eigenvalue weighted by molar-refractivity contribution is -0.149. The molecule has 2 rings (SSSR count). The molecule has 0 radical (unpaired) electrons. The normalized spacial score (nSPS) is 21.3. The summed E-state index contributed by atoms with van der Waals surface area (Å²) in [6.45, 7) is 5.65. The number of likely N-dealkylation sites (tertiary alicyclic amines) is 1. The first kappa shape index (κ1) is 17.6. The number of benzene rings is 1. The van der Waals surface area contributed by atoms with Crippen LogP contribution >= 0.6 is 11.6 Å². The predicted molar refractivity (Wildman–Crippen MR) is 87.7 cm³/mol. The van der Waals surface area contributed by atoms with E-state index in [0.29, 0.717) is 30.0 Å². The molecule has 1 atom stereocenters. The first-order chi connectivity index (χ1) is 10.7. The van der Waals surface area contributed by atoms with Crippen LogP contribution in [-0.4, -0.2) is 39.8 Å². The molecule has 1 aliphatic heterocycles. The molecule has 1 aromatic carbocycles. The van der Waals surface area contributed by atoms with E-state index in [9.17, 15) is 14.7 Å². The molecule has 1 aliphatic rings. The maximum absolute atomic E-state index is 12.5. The smallest absolute Gasteiger partial charge is 0.411 e. The number of hydrogen-bond donors (Lipinski definition) is 1. The number of carboxylic acid groups (broad SMARTS) is 1. The molecule has 1 N–H and O–H groups in total. The van der Waals surface area contributed by atoms with Gasteiger partial charge >= 0.3 is 12.1 Å². The van der Waals surface area contributed by atoms with Crippen LogP contribution in [0.15, 0.2) is 24.3 Å². The summed E-state index contributed by atoms with van der Waals surface area (Å²) in [5.41, 5.74) is -1.27. The zero-order valence-corrected chi connectivity index (χ0v) is 14.4. The van der Waals surface area contributed by atoms with Crippen molar-refractivity contribution in [1.82, 2.24) is 4.90 Å². The molecule has 6 heteroatoms. The van der Waals surface area contributed by atoms with E-state index in [1.807, 2.05) is 6.07 Å². The van der Waals surface area contributed by atoms with Gasteiger partial charge in [-0.1, -0.05) is 29.8 Å². The van der Waals surface area contributed by atoms with Gasteiger partial charge in [0.25, 0.3) is 0 Å². The lowest BCUT2D eigenvalue weighted by Crippen LogP contribution is -2.55. The van der Waals surface area contributed by atoms with Gasteiger partial charge in [0.15, 0.2) is 0 Å². The summed E-state index contributed by atoms with van der Waals surface area (Å²) in [6.07, 6.45) is 0.578. The second-order valence-corrected chi connectivity index (χ2v) is 7.25. The van der Waals surface area contributed by atoms with Crippen molar-refractivity contribution < 1.29 is 19.4 Å². The number of hydrogen-bond acceptors (Lipinski definition) is 3. The summed E-state index contributed by atoms with van der Waals surface area (Å²) in [5, 5.41) is 10.3. The van der Waals surface area contributed by atoms with Gasteiger partial charge in [0, 0.05) is 18.0 Å². The van der Waals surface area contributed by atoms with Crippen LogP contribution in [0, 0.1) is 0 Å². The Balaban J connectivity index is 2.33. The fourth-order valence-corrected chi connectivity index (χ4v) is 3.10. The quantitative estimate of drug-likeness (QED) is 0.911. The maximum atomic E-state index is 12.5. The number of amides is 1. The third-order valence-electron chi connectivity index (χ3n) is 3.94. The van der Waals surface area contributed by atoms with E-state index in [0.717, 1.165) is 0 Å². The van der Waals surface area contributed by atoms with Crippen molar-refractivity contribution in [2.75, 3.05) is 6.54 Å². The highest BCUT2D eigenvalue weighted by Gasteiger charge is 2.51. The molecule has 1 saturated heterocycles.